The molecule has 2 aromatic rings. The molecule has 2 aliphatic rings. The van der Waals surface area contributed by atoms with Crippen LogP contribution in [0.1, 0.15) is 56.1 Å². The summed E-state index contributed by atoms with van der Waals surface area (Å²) in [6.07, 6.45) is 1.89. The van der Waals surface area contributed by atoms with E-state index in [1.807, 2.05) is 31.2 Å². The minimum atomic E-state index is -0.920. The van der Waals surface area contributed by atoms with Gasteiger partial charge in [0.2, 0.25) is 5.91 Å². The summed E-state index contributed by atoms with van der Waals surface area (Å²) < 4.78 is 5.58. The summed E-state index contributed by atoms with van der Waals surface area (Å²) in [6, 6.07) is 15.6. The molecule has 1 saturated carbocycles. The van der Waals surface area contributed by atoms with Gasteiger partial charge in [0.15, 0.2) is 0 Å². The molecule has 3 N–H and O–H groups in total. The fraction of sp³-hybridized carbons (Fsp3) is 0.423. The van der Waals surface area contributed by atoms with E-state index in [9.17, 15) is 14.4 Å². The van der Waals surface area contributed by atoms with Crippen LogP contribution < -0.4 is 10.6 Å². The zero-order chi connectivity index (χ0) is 23.4. The Morgan fingerprint density at radius 1 is 0.970 bits per heavy atom. The number of hydrogen-bond donors (Lipinski definition) is 3. The van der Waals surface area contributed by atoms with Crippen LogP contribution in [0.15, 0.2) is 48.5 Å². The molecule has 0 radical (unpaired) electrons. The summed E-state index contributed by atoms with van der Waals surface area (Å²) >= 11 is 0. The van der Waals surface area contributed by atoms with Gasteiger partial charge in [0.1, 0.15) is 6.61 Å². The summed E-state index contributed by atoms with van der Waals surface area (Å²) in [4.78, 5) is 36.0. The van der Waals surface area contributed by atoms with E-state index in [1.165, 1.54) is 0 Å². The second kappa shape index (κ2) is 10.1. The lowest BCUT2D eigenvalue weighted by molar-refractivity contribution is -0.137. The number of alkyl carbamates (subject to hydrolysis) is 1. The summed E-state index contributed by atoms with van der Waals surface area (Å²) in [5.41, 5.74) is 4.61. The molecule has 0 saturated heterocycles. The average Bonchev–Trinajstić information content (AvgIpc) is 3.59. The lowest BCUT2D eigenvalue weighted by Crippen LogP contribution is -2.43. The summed E-state index contributed by atoms with van der Waals surface area (Å²) in [5, 5.41) is 14.7. The molecule has 2 atom stereocenters. The number of benzene rings is 2. The number of carbonyl (C=O) groups excluding carboxylic acids is 2. The van der Waals surface area contributed by atoms with E-state index in [4.69, 9.17) is 9.84 Å². The highest BCUT2D eigenvalue weighted by Gasteiger charge is 2.34. The van der Waals surface area contributed by atoms with Crippen molar-refractivity contribution in [1.82, 2.24) is 10.6 Å². The molecule has 2 aliphatic carbocycles. The molecular weight excluding hydrogens is 420 g/mol. The fourth-order valence-corrected chi connectivity index (χ4v) is 4.62. The van der Waals surface area contributed by atoms with Crippen LogP contribution in [0, 0.1) is 5.92 Å². The summed E-state index contributed by atoms with van der Waals surface area (Å²) in [5.74, 6) is -0.961. The second-order valence-electron chi connectivity index (χ2n) is 8.89. The number of amides is 2. The van der Waals surface area contributed by atoms with Crippen LogP contribution in [-0.4, -0.2) is 41.8 Å². The Balaban J connectivity index is 1.31. The summed E-state index contributed by atoms with van der Waals surface area (Å²) in [7, 11) is 0. The molecule has 0 aromatic heterocycles. The zero-order valence-electron chi connectivity index (χ0n) is 18.8. The van der Waals surface area contributed by atoms with Crippen molar-refractivity contribution in [1.29, 1.82) is 0 Å². The number of nitrogens with one attached hydrogen (secondary N) is 2. The number of fused-ring (bicyclic) bond motifs is 3. The SMILES string of the molecule is CCC(CC(=O)NC(CC(=O)O)C1CC1)NC(=O)OCC1c2ccccc2-c2ccccc21. The van der Waals surface area contributed by atoms with E-state index >= 15 is 0 Å². The van der Waals surface area contributed by atoms with Crippen molar-refractivity contribution in [3.63, 3.8) is 0 Å². The van der Waals surface area contributed by atoms with Crippen LogP contribution in [0.25, 0.3) is 11.1 Å². The molecule has 7 nitrogen and oxygen atoms in total. The van der Waals surface area contributed by atoms with Gasteiger partial charge in [-0.25, -0.2) is 4.79 Å². The number of rotatable bonds is 10. The fourth-order valence-electron chi connectivity index (χ4n) is 4.62. The monoisotopic (exact) mass is 450 g/mol. The molecule has 33 heavy (non-hydrogen) atoms. The van der Waals surface area contributed by atoms with Gasteiger partial charge in [-0.3, -0.25) is 9.59 Å². The van der Waals surface area contributed by atoms with Gasteiger partial charge in [0, 0.05) is 24.4 Å². The average molecular weight is 451 g/mol. The number of hydrogen-bond acceptors (Lipinski definition) is 4. The highest BCUT2D eigenvalue weighted by Crippen LogP contribution is 2.44. The second-order valence-corrected chi connectivity index (χ2v) is 8.89. The lowest BCUT2D eigenvalue weighted by atomic mass is 9.98. The molecule has 0 spiro atoms. The standard InChI is InChI=1S/C26H30N2O5/c1-2-17(13-24(29)28-23(14-25(30)31)16-11-12-16)27-26(32)33-15-22-20-9-5-3-7-18(20)19-8-4-6-10-21(19)22/h3-10,16-17,22-23H,2,11-15H2,1H3,(H,27,32)(H,28,29)(H,30,31). The highest BCUT2D eigenvalue weighted by molar-refractivity contribution is 5.80. The van der Waals surface area contributed by atoms with Gasteiger partial charge in [0.05, 0.1) is 6.42 Å². The van der Waals surface area contributed by atoms with Gasteiger partial charge in [-0.2, -0.15) is 0 Å². The maximum Gasteiger partial charge on any atom is 0.407 e. The maximum absolute atomic E-state index is 12.5. The van der Waals surface area contributed by atoms with Gasteiger partial charge in [0.25, 0.3) is 0 Å². The van der Waals surface area contributed by atoms with Crippen molar-refractivity contribution in [2.24, 2.45) is 5.92 Å². The highest BCUT2D eigenvalue weighted by atomic mass is 16.5. The van der Waals surface area contributed by atoms with E-state index < -0.39 is 12.1 Å². The van der Waals surface area contributed by atoms with Crippen LogP contribution >= 0.6 is 0 Å². The number of ether oxygens (including phenoxy) is 1. The minimum Gasteiger partial charge on any atom is -0.481 e. The molecule has 0 bridgehead atoms. The lowest BCUT2D eigenvalue weighted by Gasteiger charge is -2.21. The Labute approximate surface area is 193 Å². The molecule has 1 fully saturated rings. The van der Waals surface area contributed by atoms with Crippen molar-refractivity contribution in [2.75, 3.05) is 6.61 Å². The molecule has 2 amide bonds. The normalized spacial score (nSPS) is 16.3. The molecule has 0 heterocycles. The van der Waals surface area contributed by atoms with Crippen LogP contribution in [0.2, 0.25) is 0 Å². The molecule has 2 aromatic carbocycles. The maximum atomic E-state index is 12.5. The zero-order valence-corrected chi connectivity index (χ0v) is 18.8. The Morgan fingerprint density at radius 3 is 2.12 bits per heavy atom. The number of carboxylic acids is 1. The molecule has 7 heteroatoms. The van der Waals surface area contributed by atoms with Crippen LogP contribution in [0.5, 0.6) is 0 Å². The number of carboxylic acid groups (broad SMARTS) is 1. The van der Waals surface area contributed by atoms with E-state index in [-0.39, 0.29) is 49.3 Å². The minimum absolute atomic E-state index is 0.0261. The van der Waals surface area contributed by atoms with Gasteiger partial charge in [-0.05, 0) is 47.4 Å². The van der Waals surface area contributed by atoms with Gasteiger partial charge in [-0.1, -0.05) is 55.5 Å². The van der Waals surface area contributed by atoms with Gasteiger partial charge >= 0.3 is 12.1 Å². The predicted octanol–water partition coefficient (Wildman–Crippen LogP) is 4.06. The Hall–Kier alpha value is -3.35. The van der Waals surface area contributed by atoms with Crippen molar-refractivity contribution >= 4 is 18.0 Å². The van der Waals surface area contributed by atoms with E-state index in [0.717, 1.165) is 35.1 Å². The van der Waals surface area contributed by atoms with Crippen molar-refractivity contribution in [3.05, 3.63) is 59.7 Å². The van der Waals surface area contributed by atoms with Crippen LogP contribution in [-0.2, 0) is 14.3 Å². The molecular formula is C26H30N2O5. The first-order valence-corrected chi connectivity index (χ1v) is 11.6. The molecule has 0 aliphatic heterocycles. The van der Waals surface area contributed by atoms with Gasteiger partial charge < -0.3 is 20.5 Å². The quantitative estimate of drug-likeness (QED) is 0.506. The Kier molecular flexibility index (Phi) is 6.96. The summed E-state index contributed by atoms with van der Waals surface area (Å²) in [6.45, 7) is 2.10. The van der Waals surface area contributed by atoms with Crippen molar-refractivity contribution in [2.45, 2.75) is 57.0 Å². The molecule has 174 valence electrons. The first-order valence-electron chi connectivity index (χ1n) is 11.6. The smallest absolute Gasteiger partial charge is 0.407 e. The van der Waals surface area contributed by atoms with Crippen molar-refractivity contribution in [3.8, 4) is 11.1 Å². The number of aliphatic carboxylic acids is 1. The van der Waals surface area contributed by atoms with E-state index in [0.29, 0.717) is 6.42 Å². The third kappa shape index (κ3) is 5.53. The van der Waals surface area contributed by atoms with Gasteiger partial charge in [-0.15, -0.1) is 0 Å². The third-order valence-electron chi connectivity index (χ3n) is 6.52. The molecule has 4 rings (SSSR count). The van der Waals surface area contributed by atoms with Crippen LogP contribution in [0.4, 0.5) is 4.79 Å². The molecule has 2 unspecified atom stereocenters. The number of carbonyl (C=O) groups is 3. The topological polar surface area (TPSA) is 105 Å². The first kappa shape index (κ1) is 22.8. The Morgan fingerprint density at radius 2 is 1.58 bits per heavy atom. The Bertz CT molecular complexity index is 987. The van der Waals surface area contributed by atoms with E-state index in [2.05, 4.69) is 34.9 Å². The third-order valence-corrected chi connectivity index (χ3v) is 6.52. The van der Waals surface area contributed by atoms with Crippen molar-refractivity contribution < 1.29 is 24.2 Å². The largest absolute Gasteiger partial charge is 0.481 e. The van der Waals surface area contributed by atoms with E-state index in [1.54, 1.807) is 0 Å². The predicted molar refractivity (Wildman–Crippen MR) is 124 cm³/mol. The van der Waals surface area contributed by atoms with Crippen LogP contribution in [0.3, 0.4) is 0 Å². The first-order chi connectivity index (χ1) is 16.0.